The summed E-state index contributed by atoms with van der Waals surface area (Å²) in [6, 6.07) is 6.26. The van der Waals surface area contributed by atoms with Gasteiger partial charge in [0.15, 0.2) is 5.82 Å². The second-order valence-electron chi connectivity index (χ2n) is 7.52. The lowest BCUT2D eigenvalue weighted by atomic mass is 10.1. The molecule has 1 amide bonds. The average Bonchev–Trinajstić information content (AvgIpc) is 2.93. The van der Waals surface area contributed by atoms with Gasteiger partial charge in [-0.2, -0.15) is 0 Å². The topological polar surface area (TPSA) is 86.3 Å². The standard InChI is InChI=1S/C20H31N5O2S/c1-12(2)24(13(3)4)19(26)16(7)28-20-23-22-18(25(20)21)11-27-17-9-8-14(5)10-15(17)6/h8-10,12-13,16H,11,21H2,1-7H3/t16-/m0/s1. The highest BCUT2D eigenvalue weighted by Crippen LogP contribution is 2.25. The highest BCUT2D eigenvalue weighted by atomic mass is 32.2. The lowest BCUT2D eigenvalue weighted by molar-refractivity contribution is -0.133. The largest absolute Gasteiger partial charge is 0.485 e. The summed E-state index contributed by atoms with van der Waals surface area (Å²) in [6.45, 7) is 14.2. The molecular weight excluding hydrogens is 374 g/mol. The maximum absolute atomic E-state index is 12.8. The van der Waals surface area contributed by atoms with Crippen molar-refractivity contribution in [2.75, 3.05) is 5.84 Å². The van der Waals surface area contributed by atoms with Gasteiger partial charge in [-0.05, 0) is 60.1 Å². The number of aryl methyl sites for hydroxylation is 2. The molecule has 0 saturated heterocycles. The van der Waals surface area contributed by atoms with Crippen LogP contribution in [0.15, 0.2) is 23.4 Å². The molecule has 2 aromatic rings. The van der Waals surface area contributed by atoms with Crippen molar-refractivity contribution in [3.8, 4) is 5.75 Å². The van der Waals surface area contributed by atoms with Gasteiger partial charge in [0, 0.05) is 12.1 Å². The van der Waals surface area contributed by atoms with E-state index in [-0.39, 0.29) is 29.8 Å². The Morgan fingerprint density at radius 3 is 2.39 bits per heavy atom. The van der Waals surface area contributed by atoms with Crippen LogP contribution in [0.3, 0.4) is 0 Å². The molecule has 0 unspecified atom stereocenters. The Morgan fingerprint density at radius 2 is 1.82 bits per heavy atom. The van der Waals surface area contributed by atoms with Gasteiger partial charge in [-0.3, -0.25) is 4.79 Å². The van der Waals surface area contributed by atoms with Gasteiger partial charge in [0.2, 0.25) is 11.1 Å². The second kappa shape index (κ2) is 9.32. The highest BCUT2D eigenvalue weighted by Gasteiger charge is 2.27. The number of hydrogen-bond donors (Lipinski definition) is 1. The molecule has 2 N–H and O–H groups in total. The van der Waals surface area contributed by atoms with Gasteiger partial charge in [-0.1, -0.05) is 29.5 Å². The van der Waals surface area contributed by atoms with E-state index in [1.807, 2.05) is 65.5 Å². The Kier molecular flexibility index (Phi) is 7.35. The van der Waals surface area contributed by atoms with Crippen LogP contribution in [0.4, 0.5) is 0 Å². The van der Waals surface area contributed by atoms with Gasteiger partial charge < -0.3 is 15.5 Å². The van der Waals surface area contributed by atoms with Crippen LogP contribution in [0.2, 0.25) is 0 Å². The first-order valence-electron chi connectivity index (χ1n) is 9.50. The molecule has 154 valence electrons. The van der Waals surface area contributed by atoms with Gasteiger partial charge in [-0.25, -0.2) is 4.68 Å². The number of carbonyl (C=O) groups excluding carboxylic acids is 1. The van der Waals surface area contributed by atoms with Gasteiger partial charge in [-0.15, -0.1) is 10.2 Å². The van der Waals surface area contributed by atoms with Gasteiger partial charge in [0.05, 0.1) is 5.25 Å². The Balaban J connectivity index is 2.05. The monoisotopic (exact) mass is 405 g/mol. The normalized spacial score (nSPS) is 12.5. The second-order valence-corrected chi connectivity index (χ2v) is 8.83. The molecule has 0 fully saturated rings. The number of carbonyl (C=O) groups is 1. The predicted octanol–water partition coefficient (Wildman–Crippen LogP) is 3.31. The first-order valence-corrected chi connectivity index (χ1v) is 10.4. The summed E-state index contributed by atoms with van der Waals surface area (Å²) in [5.41, 5.74) is 2.24. The quantitative estimate of drug-likeness (QED) is 0.536. The van der Waals surface area contributed by atoms with Crippen molar-refractivity contribution in [3.05, 3.63) is 35.2 Å². The number of aromatic nitrogens is 3. The summed E-state index contributed by atoms with van der Waals surface area (Å²) in [5, 5.41) is 8.44. The Bertz CT molecular complexity index is 811. The molecular formula is C20H31N5O2S. The van der Waals surface area contributed by atoms with E-state index in [1.54, 1.807) is 0 Å². The van der Waals surface area contributed by atoms with E-state index in [2.05, 4.69) is 16.3 Å². The maximum Gasteiger partial charge on any atom is 0.236 e. The number of hydrogen-bond acceptors (Lipinski definition) is 6. The lowest BCUT2D eigenvalue weighted by Gasteiger charge is -2.32. The fraction of sp³-hybridized carbons (Fsp3) is 0.550. The van der Waals surface area contributed by atoms with Crippen molar-refractivity contribution in [1.29, 1.82) is 0 Å². The van der Waals surface area contributed by atoms with Crippen LogP contribution >= 0.6 is 11.8 Å². The van der Waals surface area contributed by atoms with E-state index < -0.39 is 0 Å². The molecule has 0 saturated carbocycles. The summed E-state index contributed by atoms with van der Waals surface area (Å²) < 4.78 is 7.23. The summed E-state index contributed by atoms with van der Waals surface area (Å²) in [5.74, 6) is 7.49. The van der Waals surface area contributed by atoms with Gasteiger partial charge in [0.25, 0.3) is 0 Å². The molecule has 7 nitrogen and oxygen atoms in total. The van der Waals surface area contributed by atoms with E-state index in [9.17, 15) is 4.79 Å². The Morgan fingerprint density at radius 1 is 1.18 bits per heavy atom. The summed E-state index contributed by atoms with van der Waals surface area (Å²) in [7, 11) is 0. The molecule has 8 heteroatoms. The first-order chi connectivity index (χ1) is 13.1. The molecule has 0 aliphatic carbocycles. The zero-order valence-electron chi connectivity index (χ0n) is 17.8. The van der Waals surface area contributed by atoms with Crippen LogP contribution in [-0.2, 0) is 11.4 Å². The van der Waals surface area contributed by atoms with Crippen LogP contribution in [0, 0.1) is 13.8 Å². The molecule has 1 aromatic carbocycles. The molecule has 0 radical (unpaired) electrons. The molecule has 2 rings (SSSR count). The van der Waals surface area contributed by atoms with Gasteiger partial charge >= 0.3 is 0 Å². The van der Waals surface area contributed by atoms with Crippen molar-refractivity contribution in [2.24, 2.45) is 0 Å². The SMILES string of the molecule is Cc1ccc(OCc2nnc(S[C@@H](C)C(=O)N(C(C)C)C(C)C)n2N)c(C)c1. The Hall–Kier alpha value is -2.22. The number of nitrogens with zero attached hydrogens (tertiary/aromatic N) is 4. The third kappa shape index (κ3) is 5.19. The van der Waals surface area contributed by atoms with Crippen molar-refractivity contribution in [2.45, 2.75) is 77.6 Å². The summed E-state index contributed by atoms with van der Waals surface area (Å²) >= 11 is 1.31. The molecule has 0 bridgehead atoms. The fourth-order valence-corrected chi connectivity index (χ4v) is 3.96. The molecule has 1 atom stereocenters. The van der Waals surface area contributed by atoms with Crippen LogP contribution in [-0.4, -0.2) is 43.0 Å². The number of thioether (sulfide) groups is 1. The molecule has 28 heavy (non-hydrogen) atoms. The molecule has 0 aliphatic heterocycles. The fourth-order valence-electron chi connectivity index (χ4n) is 3.11. The van der Waals surface area contributed by atoms with Crippen LogP contribution < -0.4 is 10.6 Å². The highest BCUT2D eigenvalue weighted by molar-refractivity contribution is 8.00. The number of benzene rings is 1. The average molecular weight is 406 g/mol. The van der Waals surface area contributed by atoms with Crippen molar-refractivity contribution in [3.63, 3.8) is 0 Å². The molecule has 0 spiro atoms. The van der Waals surface area contributed by atoms with Gasteiger partial charge in [0.1, 0.15) is 12.4 Å². The van der Waals surface area contributed by atoms with Crippen molar-refractivity contribution in [1.82, 2.24) is 19.8 Å². The number of ether oxygens (including phenoxy) is 1. The van der Waals surface area contributed by atoms with Crippen molar-refractivity contribution < 1.29 is 9.53 Å². The van der Waals surface area contributed by atoms with Crippen LogP contribution in [0.25, 0.3) is 0 Å². The first kappa shape index (κ1) is 22.1. The Labute approximate surface area is 171 Å². The third-order valence-corrected chi connectivity index (χ3v) is 5.46. The molecule has 0 aliphatic rings. The predicted molar refractivity (Wildman–Crippen MR) is 113 cm³/mol. The minimum Gasteiger partial charge on any atom is -0.485 e. The summed E-state index contributed by atoms with van der Waals surface area (Å²) in [6.07, 6.45) is 0. The third-order valence-electron chi connectivity index (χ3n) is 4.42. The van der Waals surface area contributed by atoms with E-state index in [4.69, 9.17) is 10.6 Å². The zero-order chi connectivity index (χ0) is 21.0. The number of nitrogens with two attached hydrogens (primary N) is 1. The smallest absolute Gasteiger partial charge is 0.236 e. The molecule has 1 heterocycles. The minimum absolute atomic E-state index is 0.0612. The van der Waals surface area contributed by atoms with Crippen molar-refractivity contribution >= 4 is 17.7 Å². The summed E-state index contributed by atoms with van der Waals surface area (Å²) in [4.78, 5) is 14.7. The number of nitrogen functional groups attached to an aromatic ring is 1. The zero-order valence-corrected chi connectivity index (χ0v) is 18.6. The van der Waals surface area contributed by atoms with Crippen LogP contribution in [0.5, 0.6) is 5.75 Å². The number of rotatable bonds is 8. The molecule has 1 aromatic heterocycles. The van der Waals surface area contributed by atoms with E-state index in [0.717, 1.165) is 11.3 Å². The maximum atomic E-state index is 12.8. The van der Waals surface area contributed by atoms with E-state index in [1.165, 1.54) is 22.0 Å². The van der Waals surface area contributed by atoms with E-state index >= 15 is 0 Å². The van der Waals surface area contributed by atoms with E-state index in [0.29, 0.717) is 11.0 Å². The number of amides is 1. The minimum atomic E-state index is -0.315. The lowest BCUT2D eigenvalue weighted by Crippen LogP contribution is -2.45. The van der Waals surface area contributed by atoms with Crippen LogP contribution in [0.1, 0.15) is 51.6 Å².